The van der Waals surface area contributed by atoms with Crippen LogP contribution in [0.1, 0.15) is 76.0 Å². The number of sulfonamides is 1. The van der Waals surface area contributed by atoms with Crippen molar-refractivity contribution in [2.75, 3.05) is 39.1 Å². The summed E-state index contributed by atoms with van der Waals surface area (Å²) in [7, 11) is -3.18. The molecule has 0 aliphatic carbocycles. The second-order valence-corrected chi connectivity index (χ2v) is 11.7. The van der Waals surface area contributed by atoms with E-state index in [4.69, 9.17) is 9.47 Å². The molecule has 0 saturated carbocycles. The van der Waals surface area contributed by atoms with Crippen molar-refractivity contribution in [3.05, 3.63) is 23.3 Å². The Morgan fingerprint density at radius 3 is 2.33 bits per heavy atom. The van der Waals surface area contributed by atoms with Gasteiger partial charge in [-0.3, -0.25) is 4.90 Å². The van der Waals surface area contributed by atoms with E-state index in [0.717, 1.165) is 76.0 Å². The van der Waals surface area contributed by atoms with Gasteiger partial charge in [0, 0.05) is 31.7 Å². The molecule has 33 heavy (non-hydrogen) atoms. The van der Waals surface area contributed by atoms with Crippen molar-refractivity contribution in [1.29, 1.82) is 0 Å². The van der Waals surface area contributed by atoms with Crippen molar-refractivity contribution in [3.63, 3.8) is 0 Å². The summed E-state index contributed by atoms with van der Waals surface area (Å²) in [6.07, 6.45) is 9.61. The van der Waals surface area contributed by atoms with E-state index in [-0.39, 0.29) is 24.5 Å². The Kier molecular flexibility index (Phi) is 9.35. The molecule has 1 aromatic rings. The van der Waals surface area contributed by atoms with Crippen LogP contribution in [0.5, 0.6) is 11.5 Å². The fraction of sp³-hybridized carbons (Fsp3) is 0.760. The van der Waals surface area contributed by atoms with Crippen molar-refractivity contribution in [3.8, 4) is 11.5 Å². The number of hydrogen-bond donors (Lipinski definition) is 0. The summed E-state index contributed by atoms with van der Waals surface area (Å²) in [4.78, 5) is 2.59. The first-order chi connectivity index (χ1) is 15.4. The third kappa shape index (κ3) is 5.98. The molecular formula is C25H41ClN2O4S. The number of piperidine rings is 2. The third-order valence-electron chi connectivity index (χ3n) is 7.41. The number of rotatable bonds is 9. The van der Waals surface area contributed by atoms with Crippen LogP contribution >= 0.6 is 12.4 Å². The van der Waals surface area contributed by atoms with Crippen molar-refractivity contribution in [1.82, 2.24) is 9.21 Å². The number of nitrogens with zero attached hydrogens (tertiary/aromatic N) is 2. The molecule has 2 fully saturated rings. The fourth-order valence-electron chi connectivity index (χ4n) is 5.70. The molecule has 3 aliphatic heterocycles. The SMILES string of the molecule is CCCCOc1cc2c(cc1OCCCC)[C@H]1C[C@H]3[C@H](CCCN3S(C)(=O)=O)CN1CC2.Cl. The van der Waals surface area contributed by atoms with Gasteiger partial charge in [-0.25, -0.2) is 8.42 Å². The van der Waals surface area contributed by atoms with Crippen molar-refractivity contribution in [2.45, 2.75) is 77.3 Å². The Morgan fingerprint density at radius 2 is 1.70 bits per heavy atom. The molecule has 6 nitrogen and oxygen atoms in total. The first-order valence-corrected chi connectivity index (χ1v) is 14.4. The van der Waals surface area contributed by atoms with E-state index >= 15 is 0 Å². The van der Waals surface area contributed by atoms with E-state index in [2.05, 4.69) is 30.9 Å². The number of unbranched alkanes of at least 4 members (excludes halogenated alkanes) is 2. The molecule has 3 aliphatic rings. The summed E-state index contributed by atoms with van der Waals surface area (Å²) in [5.41, 5.74) is 2.64. The molecule has 188 valence electrons. The van der Waals surface area contributed by atoms with Gasteiger partial charge in [0.05, 0.1) is 19.5 Å². The molecular weight excluding hydrogens is 460 g/mol. The van der Waals surface area contributed by atoms with Gasteiger partial charge in [0.2, 0.25) is 10.0 Å². The Bertz CT molecular complexity index is 895. The van der Waals surface area contributed by atoms with Crippen LogP contribution in [0.3, 0.4) is 0 Å². The monoisotopic (exact) mass is 500 g/mol. The second kappa shape index (κ2) is 11.6. The summed E-state index contributed by atoms with van der Waals surface area (Å²) in [6, 6.07) is 4.76. The van der Waals surface area contributed by atoms with E-state index in [9.17, 15) is 8.42 Å². The molecule has 0 bridgehead atoms. The van der Waals surface area contributed by atoms with Crippen LogP contribution in [-0.4, -0.2) is 62.8 Å². The molecule has 2 saturated heterocycles. The van der Waals surface area contributed by atoms with Gasteiger partial charge in [-0.1, -0.05) is 26.7 Å². The molecule has 0 radical (unpaired) electrons. The Balaban J connectivity index is 0.00000306. The number of benzene rings is 1. The highest BCUT2D eigenvalue weighted by atomic mass is 35.5. The van der Waals surface area contributed by atoms with Crippen LogP contribution in [0.15, 0.2) is 12.1 Å². The average molecular weight is 501 g/mol. The van der Waals surface area contributed by atoms with Crippen LogP contribution in [0.25, 0.3) is 0 Å². The zero-order valence-electron chi connectivity index (χ0n) is 20.4. The predicted molar refractivity (Wildman–Crippen MR) is 135 cm³/mol. The average Bonchev–Trinajstić information content (AvgIpc) is 2.77. The molecule has 0 aromatic heterocycles. The maximum atomic E-state index is 12.5. The van der Waals surface area contributed by atoms with Crippen LogP contribution < -0.4 is 9.47 Å². The minimum atomic E-state index is -3.18. The zero-order chi connectivity index (χ0) is 22.7. The lowest BCUT2D eigenvalue weighted by Gasteiger charge is -2.51. The van der Waals surface area contributed by atoms with E-state index in [1.54, 1.807) is 4.31 Å². The van der Waals surface area contributed by atoms with E-state index < -0.39 is 10.0 Å². The maximum Gasteiger partial charge on any atom is 0.211 e. The zero-order valence-corrected chi connectivity index (χ0v) is 22.1. The predicted octanol–water partition coefficient (Wildman–Crippen LogP) is 4.81. The Labute approximate surface area is 206 Å². The molecule has 0 amide bonds. The topological polar surface area (TPSA) is 59.1 Å². The fourth-order valence-corrected chi connectivity index (χ4v) is 6.91. The summed E-state index contributed by atoms with van der Waals surface area (Å²) in [6.45, 7) is 8.43. The van der Waals surface area contributed by atoms with Gasteiger partial charge < -0.3 is 9.47 Å². The van der Waals surface area contributed by atoms with Gasteiger partial charge in [-0.05, 0) is 67.7 Å². The van der Waals surface area contributed by atoms with E-state index in [0.29, 0.717) is 25.7 Å². The molecule has 0 N–H and O–H groups in total. The van der Waals surface area contributed by atoms with Gasteiger partial charge in [0.1, 0.15) is 0 Å². The molecule has 3 atom stereocenters. The number of hydrogen-bond acceptors (Lipinski definition) is 5. The van der Waals surface area contributed by atoms with Crippen molar-refractivity contribution in [2.24, 2.45) is 5.92 Å². The van der Waals surface area contributed by atoms with Crippen LogP contribution in [0.2, 0.25) is 0 Å². The van der Waals surface area contributed by atoms with Crippen molar-refractivity contribution < 1.29 is 17.9 Å². The van der Waals surface area contributed by atoms with Gasteiger partial charge in [0.25, 0.3) is 0 Å². The highest BCUT2D eigenvalue weighted by Gasteiger charge is 2.45. The van der Waals surface area contributed by atoms with Gasteiger partial charge in [-0.2, -0.15) is 4.31 Å². The smallest absolute Gasteiger partial charge is 0.211 e. The molecule has 0 unspecified atom stereocenters. The summed E-state index contributed by atoms with van der Waals surface area (Å²) < 4.78 is 39.1. The van der Waals surface area contributed by atoms with Crippen LogP contribution in [-0.2, 0) is 16.4 Å². The number of halogens is 1. The Morgan fingerprint density at radius 1 is 1.03 bits per heavy atom. The number of fused-ring (bicyclic) bond motifs is 4. The highest BCUT2D eigenvalue weighted by molar-refractivity contribution is 7.88. The molecule has 4 rings (SSSR count). The van der Waals surface area contributed by atoms with Crippen LogP contribution in [0, 0.1) is 5.92 Å². The summed E-state index contributed by atoms with van der Waals surface area (Å²) in [5.74, 6) is 2.15. The number of ether oxygens (including phenoxy) is 2. The summed E-state index contributed by atoms with van der Waals surface area (Å²) >= 11 is 0. The normalized spacial score (nSPS) is 25.4. The van der Waals surface area contributed by atoms with E-state index in [1.165, 1.54) is 17.4 Å². The van der Waals surface area contributed by atoms with Gasteiger partial charge in [-0.15, -0.1) is 12.4 Å². The molecule has 0 spiro atoms. The summed E-state index contributed by atoms with van der Waals surface area (Å²) in [5, 5.41) is 0. The first kappa shape index (κ1) is 26.6. The van der Waals surface area contributed by atoms with Crippen molar-refractivity contribution >= 4 is 22.4 Å². The third-order valence-corrected chi connectivity index (χ3v) is 8.72. The standard InChI is InChI=1S/C25H40N2O4S.ClH/c1-4-6-13-30-24-15-19-10-12-26-18-20-9-8-11-27(32(3,28)29)22(20)17-23(26)21(19)16-25(24)31-14-7-5-2;/h15-16,20,22-23H,4-14,17-18H2,1-3H3;1H/t20-,22+,23-;/m1./s1. The highest BCUT2D eigenvalue weighted by Crippen LogP contribution is 2.46. The first-order valence-electron chi connectivity index (χ1n) is 12.6. The van der Waals surface area contributed by atoms with E-state index in [1.807, 2.05) is 0 Å². The minimum absolute atomic E-state index is 0. The molecule has 1 aromatic carbocycles. The largest absolute Gasteiger partial charge is 0.490 e. The molecule has 3 heterocycles. The lowest BCUT2D eigenvalue weighted by molar-refractivity contribution is 0.0220. The lowest BCUT2D eigenvalue weighted by atomic mass is 9.77. The van der Waals surface area contributed by atoms with Gasteiger partial charge in [0.15, 0.2) is 11.5 Å². The van der Waals surface area contributed by atoms with Crippen LogP contribution in [0.4, 0.5) is 0 Å². The Hall–Kier alpha value is -1.02. The van der Waals surface area contributed by atoms with Gasteiger partial charge >= 0.3 is 0 Å². The quantitative estimate of drug-likeness (QED) is 0.455. The lowest BCUT2D eigenvalue weighted by Crippen LogP contribution is -2.57. The maximum absolute atomic E-state index is 12.5. The minimum Gasteiger partial charge on any atom is -0.490 e. The molecule has 8 heteroatoms. The second-order valence-electron chi connectivity index (χ2n) is 9.74.